The molecule has 4 unspecified atom stereocenters. The first-order chi connectivity index (χ1) is 27.0. The molecule has 0 aromatic heterocycles. The van der Waals surface area contributed by atoms with Crippen LogP contribution in [0.3, 0.4) is 0 Å². The van der Waals surface area contributed by atoms with Gasteiger partial charge >= 0.3 is 0 Å². The molecule has 2 heterocycles. The Morgan fingerprint density at radius 3 is 2.42 bits per heavy atom. The highest BCUT2D eigenvalue weighted by Crippen LogP contribution is 2.66. The van der Waals surface area contributed by atoms with Crippen molar-refractivity contribution in [1.29, 1.82) is 0 Å². The first kappa shape index (κ1) is 32.2. The van der Waals surface area contributed by atoms with Crippen LogP contribution < -0.4 is 4.90 Å². The lowest BCUT2D eigenvalue weighted by Gasteiger charge is -2.37. The van der Waals surface area contributed by atoms with Crippen molar-refractivity contribution in [3.8, 4) is 11.1 Å². The Labute approximate surface area is 327 Å². The van der Waals surface area contributed by atoms with Gasteiger partial charge in [0, 0.05) is 34.3 Å². The Morgan fingerprint density at radius 2 is 1.55 bits per heavy atom. The fourth-order valence-corrected chi connectivity index (χ4v) is 12.2. The van der Waals surface area contributed by atoms with Gasteiger partial charge in [-0.05, 0) is 141 Å². The maximum atomic E-state index is 2.67. The third-order valence-corrected chi connectivity index (χ3v) is 14.9. The van der Waals surface area contributed by atoms with Crippen LogP contribution in [-0.2, 0) is 17.2 Å². The monoisotopic (exact) mass is 708 g/mol. The lowest BCUT2D eigenvalue weighted by molar-refractivity contribution is 0.561. The molecule has 2 aliphatic heterocycles. The molecule has 1 saturated heterocycles. The summed E-state index contributed by atoms with van der Waals surface area (Å²) in [4.78, 5) is 2.65. The van der Waals surface area contributed by atoms with Crippen molar-refractivity contribution in [2.45, 2.75) is 93.6 Å². The first-order valence-electron chi connectivity index (χ1n) is 21.0. The van der Waals surface area contributed by atoms with Crippen LogP contribution in [0.5, 0.6) is 0 Å². The molecular formula is C53H47BN. The Balaban J connectivity index is 0.929. The summed E-state index contributed by atoms with van der Waals surface area (Å²) in [5, 5.41) is 0.0843. The fraction of sp³-hybridized carbons (Fsp3) is 0.283. The number of nitrogens with zero attached hydrogens (tertiary/aromatic N) is 1. The fourth-order valence-electron chi connectivity index (χ4n) is 12.2. The van der Waals surface area contributed by atoms with E-state index >= 15 is 0 Å². The van der Waals surface area contributed by atoms with Gasteiger partial charge in [-0.3, -0.25) is 0 Å². The molecule has 0 amide bonds. The Morgan fingerprint density at radius 1 is 0.709 bits per heavy atom. The van der Waals surface area contributed by atoms with Crippen LogP contribution in [0.4, 0.5) is 5.69 Å². The van der Waals surface area contributed by atoms with E-state index in [1.165, 1.54) is 84.7 Å². The molecule has 1 fully saturated rings. The van der Waals surface area contributed by atoms with E-state index in [0.29, 0.717) is 17.7 Å². The average Bonchev–Trinajstić information content (AvgIpc) is 3.82. The van der Waals surface area contributed by atoms with Crippen LogP contribution in [0.25, 0.3) is 16.7 Å². The maximum Gasteiger partial charge on any atom is 0.133 e. The minimum Gasteiger partial charge on any atom is -0.317 e. The molecule has 4 atom stereocenters. The van der Waals surface area contributed by atoms with E-state index in [0.717, 1.165) is 44.9 Å². The van der Waals surface area contributed by atoms with Gasteiger partial charge in [-0.2, -0.15) is 0 Å². The van der Waals surface area contributed by atoms with Crippen molar-refractivity contribution in [1.82, 2.24) is 0 Å². The zero-order chi connectivity index (χ0) is 36.5. The van der Waals surface area contributed by atoms with E-state index in [1.807, 2.05) is 0 Å². The van der Waals surface area contributed by atoms with Gasteiger partial charge in [0.15, 0.2) is 0 Å². The molecule has 1 radical (unpaired) electrons. The molecule has 6 aliphatic carbocycles. The molecule has 0 spiro atoms. The Hall–Kier alpha value is -5.08. The topological polar surface area (TPSA) is 3.24 Å². The van der Waals surface area contributed by atoms with Gasteiger partial charge in [-0.1, -0.05) is 141 Å². The van der Waals surface area contributed by atoms with Crippen LogP contribution in [0.15, 0.2) is 167 Å². The number of anilines is 1. The predicted octanol–water partition coefficient (Wildman–Crippen LogP) is 12.9. The molecule has 55 heavy (non-hydrogen) atoms. The zero-order valence-electron chi connectivity index (χ0n) is 32.1. The third kappa shape index (κ3) is 4.61. The number of rotatable bonds is 4. The lowest BCUT2D eigenvalue weighted by Crippen LogP contribution is -2.26. The van der Waals surface area contributed by atoms with Gasteiger partial charge in [-0.15, -0.1) is 0 Å². The minimum atomic E-state index is 0.0127. The highest BCUT2D eigenvalue weighted by Gasteiger charge is 2.60. The van der Waals surface area contributed by atoms with Crippen LogP contribution in [0.1, 0.15) is 104 Å². The van der Waals surface area contributed by atoms with Gasteiger partial charge in [0.05, 0.1) is 0 Å². The largest absolute Gasteiger partial charge is 0.317 e. The smallest absolute Gasteiger partial charge is 0.133 e. The number of fused-ring (bicyclic) bond motifs is 10. The van der Waals surface area contributed by atoms with E-state index < -0.39 is 0 Å². The zero-order valence-corrected chi connectivity index (χ0v) is 32.1. The van der Waals surface area contributed by atoms with E-state index in [1.54, 1.807) is 11.1 Å². The summed E-state index contributed by atoms with van der Waals surface area (Å²) in [6, 6.07) is 35.5. The molecule has 267 valence electrons. The molecule has 12 rings (SSSR count). The standard InChI is InChI=1S/C53H47BN/c1-52(2)47-21-10-8-17-40(47)42-19-12-20-43(51(42)52)44-29-35-15-6-7-16-38(35)45-30-36(25-28-39(44)45)53-32-46-41-18-9-11-22-48(41)55(49(46)31-50(53)54-53)37-26-23-34(24-27-37)33-13-4-3-5-14-33/h3-4,6-11,13,15-19,21-23,25-26,28,30-31,44,46,50H,5,12,14,20,24,27,29,32H2,1-2H3. The summed E-state index contributed by atoms with van der Waals surface area (Å²) < 4.78 is 0. The summed E-state index contributed by atoms with van der Waals surface area (Å²) in [5.74, 6) is 1.27. The molecule has 4 aromatic carbocycles. The minimum absolute atomic E-state index is 0.0127. The predicted molar refractivity (Wildman–Crippen MR) is 229 cm³/mol. The Kier molecular flexibility index (Phi) is 6.86. The van der Waals surface area contributed by atoms with E-state index in [-0.39, 0.29) is 10.7 Å². The SMILES string of the molecule is CC1(C)C2=C(C3Cc4ccccc4-c4cc(C56[B]C5C=C5C(C6)c6ccccc6N5C5=CC=C(C6=CC=CCC6)CC5)ccc43)CCC=C2c2ccccc21. The Bertz CT molecular complexity index is 2580. The van der Waals surface area contributed by atoms with Crippen LogP contribution in [0, 0.1) is 0 Å². The summed E-state index contributed by atoms with van der Waals surface area (Å²) in [5.41, 5.74) is 24.1. The number of benzene rings is 4. The molecular weight excluding hydrogens is 661 g/mol. The molecule has 2 heteroatoms. The number of allylic oxidation sites excluding steroid dienone is 14. The second kappa shape index (κ2) is 11.7. The lowest BCUT2D eigenvalue weighted by atomic mass is 9.67. The maximum absolute atomic E-state index is 2.67. The van der Waals surface area contributed by atoms with Crippen molar-refractivity contribution in [2.75, 3.05) is 4.90 Å². The highest BCUT2D eigenvalue weighted by molar-refractivity contribution is 6.58. The molecule has 1 nitrogen and oxygen atoms in total. The van der Waals surface area contributed by atoms with Gasteiger partial charge in [0.1, 0.15) is 7.28 Å². The second-order valence-electron chi connectivity index (χ2n) is 17.9. The van der Waals surface area contributed by atoms with Crippen LogP contribution in [0.2, 0.25) is 5.82 Å². The van der Waals surface area contributed by atoms with Gasteiger partial charge in [0.2, 0.25) is 0 Å². The molecule has 0 bridgehead atoms. The van der Waals surface area contributed by atoms with Gasteiger partial charge < -0.3 is 4.90 Å². The van der Waals surface area contributed by atoms with Crippen molar-refractivity contribution < 1.29 is 0 Å². The number of hydrogen-bond acceptors (Lipinski definition) is 1. The van der Waals surface area contributed by atoms with E-state index in [2.05, 4.69) is 160 Å². The summed E-state index contributed by atoms with van der Waals surface area (Å²) in [6.45, 7) is 4.94. The second-order valence-corrected chi connectivity index (χ2v) is 17.9. The average molecular weight is 709 g/mol. The normalized spacial score (nSPS) is 27.4. The highest BCUT2D eigenvalue weighted by atomic mass is 15.2. The van der Waals surface area contributed by atoms with Crippen molar-refractivity contribution in [3.05, 3.63) is 201 Å². The molecule has 8 aliphatic rings. The molecule has 0 N–H and O–H groups in total. The molecule has 4 aromatic rings. The quantitative estimate of drug-likeness (QED) is 0.191. The number of para-hydroxylation sites is 1. The van der Waals surface area contributed by atoms with Gasteiger partial charge in [0.25, 0.3) is 0 Å². The molecule has 0 saturated carbocycles. The van der Waals surface area contributed by atoms with Crippen LogP contribution in [-0.4, -0.2) is 7.28 Å². The van der Waals surface area contributed by atoms with E-state index in [9.17, 15) is 0 Å². The third-order valence-electron chi connectivity index (χ3n) is 14.9. The van der Waals surface area contributed by atoms with Crippen molar-refractivity contribution >= 4 is 18.5 Å². The van der Waals surface area contributed by atoms with Crippen molar-refractivity contribution in [3.63, 3.8) is 0 Å². The van der Waals surface area contributed by atoms with Gasteiger partial charge in [-0.25, -0.2) is 0 Å². The summed E-state index contributed by atoms with van der Waals surface area (Å²) >= 11 is 0. The summed E-state index contributed by atoms with van der Waals surface area (Å²) in [6.07, 6.45) is 26.0. The van der Waals surface area contributed by atoms with Crippen LogP contribution >= 0.6 is 0 Å². The first-order valence-corrected chi connectivity index (χ1v) is 21.0. The summed E-state index contributed by atoms with van der Waals surface area (Å²) in [7, 11) is 2.67. The van der Waals surface area contributed by atoms with Crippen molar-refractivity contribution in [2.24, 2.45) is 0 Å². The van der Waals surface area contributed by atoms with E-state index in [4.69, 9.17) is 0 Å². The number of hydrogen-bond donors (Lipinski definition) is 0.